The SMILES string of the molecule is Cc1ccc2[nH]c(C(=O)N3CCNC(Cc4ccc(F)cc4)C3)cc(=O)c2c1.O=C(O)C(F)(F)F. The standard InChI is InChI=1S/C22H22FN3O2.C2HF3O2/c1-14-2-7-19-18(10-14)21(27)12-20(25-19)22(28)26-9-8-24-17(13-26)11-15-3-5-16(23)6-4-15;3-2(4,5)1(6)7/h2-7,10,12,17,24H,8-9,11,13H2,1H3,(H,25,27);(H,6,7). The normalized spacial score (nSPS) is 15.9. The fourth-order valence-electron chi connectivity index (χ4n) is 3.70. The summed E-state index contributed by atoms with van der Waals surface area (Å²) in [6.45, 7) is 3.71. The molecule has 0 bridgehead atoms. The van der Waals surface area contributed by atoms with Gasteiger partial charge in [-0.15, -0.1) is 0 Å². The van der Waals surface area contributed by atoms with E-state index in [1.807, 2.05) is 25.1 Å². The quantitative estimate of drug-likeness (QED) is 0.486. The van der Waals surface area contributed by atoms with Crippen LogP contribution in [0.1, 0.15) is 21.6 Å². The van der Waals surface area contributed by atoms with Crippen molar-refractivity contribution >= 4 is 22.8 Å². The molecule has 7 nitrogen and oxygen atoms in total. The van der Waals surface area contributed by atoms with Crippen molar-refractivity contribution in [1.82, 2.24) is 15.2 Å². The molecule has 1 fully saturated rings. The number of halogens is 4. The van der Waals surface area contributed by atoms with Crippen molar-refractivity contribution in [3.63, 3.8) is 0 Å². The number of H-pyrrole nitrogens is 1. The first-order valence-electron chi connectivity index (χ1n) is 10.6. The highest BCUT2D eigenvalue weighted by Gasteiger charge is 2.38. The maximum Gasteiger partial charge on any atom is 0.490 e. The summed E-state index contributed by atoms with van der Waals surface area (Å²) in [4.78, 5) is 39.2. The number of carboxylic acids is 1. The van der Waals surface area contributed by atoms with Gasteiger partial charge in [0.25, 0.3) is 5.91 Å². The molecule has 1 atom stereocenters. The third-order valence-electron chi connectivity index (χ3n) is 5.40. The van der Waals surface area contributed by atoms with Crippen LogP contribution in [-0.2, 0) is 11.2 Å². The van der Waals surface area contributed by atoms with Crippen LogP contribution in [0.3, 0.4) is 0 Å². The summed E-state index contributed by atoms with van der Waals surface area (Å²) < 4.78 is 44.8. The first-order valence-corrected chi connectivity index (χ1v) is 10.6. The lowest BCUT2D eigenvalue weighted by Gasteiger charge is -2.33. The van der Waals surface area contributed by atoms with Gasteiger partial charge in [0, 0.05) is 42.6 Å². The summed E-state index contributed by atoms with van der Waals surface area (Å²) in [7, 11) is 0. The number of carboxylic acid groups (broad SMARTS) is 1. The maximum atomic E-state index is 13.1. The van der Waals surface area contributed by atoms with Gasteiger partial charge in [0.2, 0.25) is 0 Å². The molecule has 1 aliphatic heterocycles. The zero-order valence-electron chi connectivity index (χ0n) is 18.7. The number of nitrogens with one attached hydrogen (secondary N) is 2. The number of pyridine rings is 1. The van der Waals surface area contributed by atoms with Gasteiger partial charge in [0.15, 0.2) is 5.43 Å². The van der Waals surface area contributed by atoms with Gasteiger partial charge in [0.1, 0.15) is 11.5 Å². The van der Waals surface area contributed by atoms with Gasteiger partial charge >= 0.3 is 12.1 Å². The van der Waals surface area contributed by atoms with Crippen LogP contribution in [0.25, 0.3) is 10.9 Å². The molecule has 186 valence electrons. The van der Waals surface area contributed by atoms with Crippen molar-refractivity contribution < 1.29 is 32.3 Å². The van der Waals surface area contributed by atoms with E-state index in [1.54, 1.807) is 17.0 Å². The van der Waals surface area contributed by atoms with Gasteiger partial charge in [-0.1, -0.05) is 23.8 Å². The highest BCUT2D eigenvalue weighted by Crippen LogP contribution is 2.15. The van der Waals surface area contributed by atoms with Gasteiger partial charge in [-0.25, -0.2) is 9.18 Å². The molecule has 2 heterocycles. The molecule has 3 aromatic rings. The van der Waals surface area contributed by atoms with Crippen molar-refractivity contribution in [3.05, 3.63) is 81.4 Å². The van der Waals surface area contributed by atoms with Gasteiger partial charge < -0.3 is 20.3 Å². The number of carbonyl (C=O) groups excluding carboxylic acids is 1. The zero-order chi connectivity index (χ0) is 25.8. The molecule has 11 heteroatoms. The lowest BCUT2D eigenvalue weighted by atomic mass is 10.0. The van der Waals surface area contributed by atoms with Crippen LogP contribution < -0.4 is 10.7 Å². The molecule has 35 heavy (non-hydrogen) atoms. The molecule has 0 aliphatic carbocycles. The number of benzene rings is 2. The van der Waals surface area contributed by atoms with Crippen molar-refractivity contribution in [2.75, 3.05) is 19.6 Å². The van der Waals surface area contributed by atoms with E-state index in [0.29, 0.717) is 42.7 Å². The van der Waals surface area contributed by atoms with Crippen molar-refractivity contribution in [1.29, 1.82) is 0 Å². The topological polar surface area (TPSA) is 103 Å². The number of aromatic nitrogens is 1. The average molecular weight is 493 g/mol. The molecular formula is C24H23F4N3O4. The Hall–Kier alpha value is -3.73. The predicted molar refractivity (Wildman–Crippen MR) is 121 cm³/mol. The number of fused-ring (bicyclic) bond motifs is 1. The highest BCUT2D eigenvalue weighted by molar-refractivity contribution is 5.95. The van der Waals surface area contributed by atoms with Gasteiger partial charge in [-0.05, 0) is 43.2 Å². The molecule has 0 spiro atoms. The Labute approximate surface area is 197 Å². The number of nitrogens with zero attached hydrogens (tertiary/aromatic N) is 1. The van der Waals surface area contributed by atoms with E-state index in [0.717, 1.165) is 11.1 Å². The van der Waals surface area contributed by atoms with Gasteiger partial charge in [-0.3, -0.25) is 9.59 Å². The Balaban J connectivity index is 0.000000429. The summed E-state index contributed by atoms with van der Waals surface area (Å²) >= 11 is 0. The lowest BCUT2D eigenvalue weighted by molar-refractivity contribution is -0.192. The van der Waals surface area contributed by atoms with E-state index < -0.39 is 12.1 Å². The minimum absolute atomic E-state index is 0.0815. The smallest absolute Gasteiger partial charge is 0.475 e. The molecule has 1 saturated heterocycles. The van der Waals surface area contributed by atoms with E-state index in [1.165, 1.54) is 18.2 Å². The van der Waals surface area contributed by atoms with E-state index in [4.69, 9.17) is 9.90 Å². The largest absolute Gasteiger partial charge is 0.490 e. The monoisotopic (exact) mass is 493 g/mol. The fourth-order valence-corrected chi connectivity index (χ4v) is 3.70. The number of hydrogen-bond acceptors (Lipinski definition) is 4. The van der Waals surface area contributed by atoms with Crippen molar-refractivity contribution in [2.45, 2.75) is 25.6 Å². The number of aliphatic carboxylic acids is 1. The lowest BCUT2D eigenvalue weighted by Crippen LogP contribution is -2.53. The Kier molecular flexibility index (Phi) is 7.90. The molecular weight excluding hydrogens is 470 g/mol. The summed E-state index contributed by atoms with van der Waals surface area (Å²) in [5.41, 5.74) is 2.84. The minimum Gasteiger partial charge on any atom is -0.475 e. The number of carbonyl (C=O) groups is 2. The van der Waals surface area contributed by atoms with Gasteiger partial charge in [0.05, 0.1) is 0 Å². The molecule has 0 radical (unpaired) electrons. The number of aromatic amines is 1. The van der Waals surface area contributed by atoms with E-state index in [2.05, 4.69) is 10.3 Å². The summed E-state index contributed by atoms with van der Waals surface area (Å²) in [6, 6.07) is 13.5. The molecule has 3 N–H and O–H groups in total. The minimum atomic E-state index is -5.08. The number of rotatable bonds is 3. The molecule has 2 aromatic carbocycles. The molecule has 1 aliphatic rings. The zero-order valence-corrected chi connectivity index (χ0v) is 18.7. The summed E-state index contributed by atoms with van der Waals surface area (Å²) in [6.07, 6.45) is -4.38. The second-order valence-corrected chi connectivity index (χ2v) is 8.13. The van der Waals surface area contributed by atoms with E-state index in [-0.39, 0.29) is 23.2 Å². The van der Waals surface area contributed by atoms with Crippen molar-refractivity contribution in [3.8, 4) is 0 Å². The fraction of sp³-hybridized carbons (Fsp3) is 0.292. The summed E-state index contributed by atoms with van der Waals surface area (Å²) in [5.74, 6) is -3.19. The number of alkyl halides is 3. The summed E-state index contributed by atoms with van der Waals surface area (Å²) in [5, 5.41) is 11.1. The third kappa shape index (κ3) is 6.89. The molecule has 4 rings (SSSR count). The van der Waals surface area contributed by atoms with Crippen LogP contribution in [0.15, 0.2) is 53.3 Å². The van der Waals surface area contributed by atoms with Gasteiger partial charge in [-0.2, -0.15) is 13.2 Å². The third-order valence-corrected chi connectivity index (χ3v) is 5.40. The predicted octanol–water partition coefficient (Wildman–Crippen LogP) is 3.27. The Morgan fingerprint density at radius 3 is 2.40 bits per heavy atom. The first kappa shape index (κ1) is 25.9. The molecule has 1 amide bonds. The second kappa shape index (κ2) is 10.7. The van der Waals surface area contributed by atoms with E-state index in [9.17, 15) is 27.2 Å². The highest BCUT2D eigenvalue weighted by atomic mass is 19.4. The maximum absolute atomic E-state index is 13.1. The van der Waals surface area contributed by atoms with Crippen molar-refractivity contribution in [2.24, 2.45) is 0 Å². The van der Waals surface area contributed by atoms with Crippen LogP contribution in [0.5, 0.6) is 0 Å². The molecule has 1 unspecified atom stereocenters. The van der Waals surface area contributed by atoms with Crippen LogP contribution in [-0.4, -0.2) is 58.7 Å². The number of piperazine rings is 1. The van der Waals surface area contributed by atoms with Crippen LogP contribution in [0, 0.1) is 12.7 Å². The molecule has 1 aromatic heterocycles. The Morgan fingerprint density at radius 2 is 1.77 bits per heavy atom. The average Bonchev–Trinajstić information content (AvgIpc) is 2.80. The number of hydrogen-bond donors (Lipinski definition) is 3. The molecule has 0 saturated carbocycles. The van der Waals surface area contributed by atoms with Crippen LogP contribution in [0.4, 0.5) is 17.6 Å². The number of amides is 1. The van der Waals surface area contributed by atoms with Crippen LogP contribution >= 0.6 is 0 Å². The first-order chi connectivity index (χ1) is 16.4. The Bertz CT molecular complexity index is 1270. The van der Waals surface area contributed by atoms with Crippen LogP contribution in [0.2, 0.25) is 0 Å². The Morgan fingerprint density at radius 1 is 1.11 bits per heavy atom. The number of aryl methyl sites for hydroxylation is 1. The van der Waals surface area contributed by atoms with E-state index >= 15 is 0 Å². The second-order valence-electron chi connectivity index (χ2n) is 8.13.